The van der Waals surface area contributed by atoms with E-state index in [9.17, 15) is 22.8 Å². The van der Waals surface area contributed by atoms with Crippen molar-refractivity contribution in [1.82, 2.24) is 9.78 Å². The molecule has 3 aromatic rings. The molecule has 0 aliphatic carbocycles. The fourth-order valence-corrected chi connectivity index (χ4v) is 3.59. The topological polar surface area (TPSA) is 94.5 Å². The smallest absolute Gasteiger partial charge is 0.416 e. The van der Waals surface area contributed by atoms with E-state index in [0.717, 1.165) is 12.1 Å². The molecule has 2 aromatic carbocycles. The summed E-state index contributed by atoms with van der Waals surface area (Å²) in [7, 11) is 3.02. The first-order chi connectivity index (χ1) is 15.7. The van der Waals surface area contributed by atoms with Crippen LogP contribution in [-0.4, -0.2) is 35.8 Å². The monoisotopic (exact) mass is 460 g/mol. The van der Waals surface area contributed by atoms with E-state index in [2.05, 4.69) is 15.7 Å². The number of carbonyl (C=O) groups is 2. The van der Waals surface area contributed by atoms with Crippen LogP contribution in [0.3, 0.4) is 0 Å². The number of nitrogens with one attached hydrogen (secondary N) is 2. The van der Waals surface area contributed by atoms with Crippen LogP contribution >= 0.6 is 0 Å². The molecule has 0 bridgehead atoms. The number of hydrogen-bond acceptors (Lipinski definition) is 5. The van der Waals surface area contributed by atoms with Gasteiger partial charge in [0.1, 0.15) is 11.9 Å². The lowest BCUT2D eigenvalue weighted by Crippen LogP contribution is -2.23. The Balaban J connectivity index is 1.53. The Kier molecular flexibility index (Phi) is 5.71. The van der Waals surface area contributed by atoms with Gasteiger partial charge in [0.25, 0.3) is 5.91 Å². The third-order valence-corrected chi connectivity index (χ3v) is 5.18. The Morgan fingerprint density at radius 3 is 2.61 bits per heavy atom. The van der Waals surface area contributed by atoms with E-state index in [4.69, 9.17) is 9.47 Å². The first-order valence-electron chi connectivity index (χ1n) is 9.79. The largest absolute Gasteiger partial charge is 0.493 e. The number of rotatable bonds is 6. The Morgan fingerprint density at radius 2 is 1.91 bits per heavy atom. The van der Waals surface area contributed by atoms with E-state index in [-0.39, 0.29) is 12.1 Å². The maximum Gasteiger partial charge on any atom is 0.416 e. The van der Waals surface area contributed by atoms with Gasteiger partial charge in [0.05, 0.1) is 32.4 Å². The molecule has 0 radical (unpaired) electrons. The van der Waals surface area contributed by atoms with Gasteiger partial charge in [-0.05, 0) is 35.9 Å². The highest BCUT2D eigenvalue weighted by Crippen LogP contribution is 2.39. The molecule has 2 heterocycles. The van der Waals surface area contributed by atoms with E-state index in [0.29, 0.717) is 28.4 Å². The molecule has 1 unspecified atom stereocenters. The molecule has 1 aliphatic heterocycles. The second kappa shape index (κ2) is 8.49. The Bertz CT molecular complexity index is 1220. The summed E-state index contributed by atoms with van der Waals surface area (Å²) in [5.41, 5.74) is 0.432. The number of carbonyl (C=O) groups excluding carboxylic acids is 2. The van der Waals surface area contributed by atoms with Crippen LogP contribution in [0, 0.1) is 0 Å². The highest BCUT2D eigenvalue weighted by Gasteiger charge is 2.35. The van der Waals surface area contributed by atoms with Crippen molar-refractivity contribution in [2.75, 3.05) is 24.9 Å². The Morgan fingerprint density at radius 1 is 1.15 bits per heavy atom. The zero-order chi connectivity index (χ0) is 23.8. The molecule has 172 valence electrons. The number of halogens is 3. The average molecular weight is 460 g/mol. The molecule has 33 heavy (non-hydrogen) atoms. The molecule has 0 fully saturated rings. The van der Waals surface area contributed by atoms with Crippen molar-refractivity contribution in [3.05, 3.63) is 54.2 Å². The molecule has 1 aromatic heterocycles. The van der Waals surface area contributed by atoms with Crippen molar-refractivity contribution in [3.8, 4) is 22.6 Å². The third kappa shape index (κ3) is 4.34. The fraction of sp³-hybridized carbons (Fsp3) is 0.227. The zero-order valence-corrected chi connectivity index (χ0v) is 17.6. The summed E-state index contributed by atoms with van der Waals surface area (Å²) in [6.07, 6.45) is -3.29. The normalized spacial score (nSPS) is 15.1. The first kappa shape index (κ1) is 22.2. The molecule has 2 amide bonds. The van der Waals surface area contributed by atoms with Crippen molar-refractivity contribution < 1.29 is 32.2 Å². The summed E-state index contributed by atoms with van der Waals surface area (Å²) in [6.45, 7) is 0. The number of benzene rings is 2. The number of ether oxygens (including phenoxy) is 2. The van der Waals surface area contributed by atoms with Crippen LogP contribution in [0.1, 0.15) is 18.0 Å². The van der Waals surface area contributed by atoms with Crippen LogP contribution in [0.25, 0.3) is 11.1 Å². The standard InChI is InChI=1S/C22H19F3N4O4/c1-32-17-7-6-12(8-18(17)33-2)15-11-26-29-16(21(31)28-20(15)29)10-19(30)27-14-5-3-4-13(9-14)22(23,24)25/h3-9,11,16H,10H2,1-2H3,(H,27,30)(H,28,31). The molecule has 8 nitrogen and oxygen atoms in total. The van der Waals surface area contributed by atoms with Gasteiger partial charge in [-0.15, -0.1) is 0 Å². The van der Waals surface area contributed by atoms with Gasteiger partial charge in [-0.1, -0.05) is 12.1 Å². The number of anilines is 2. The van der Waals surface area contributed by atoms with Crippen LogP contribution in [0.5, 0.6) is 11.5 Å². The number of aromatic nitrogens is 2. The fourth-order valence-electron chi connectivity index (χ4n) is 3.59. The molecule has 4 rings (SSSR count). The van der Waals surface area contributed by atoms with E-state index in [1.807, 2.05) is 0 Å². The van der Waals surface area contributed by atoms with Gasteiger partial charge in [-0.25, -0.2) is 4.68 Å². The predicted molar refractivity (Wildman–Crippen MR) is 113 cm³/mol. The van der Waals surface area contributed by atoms with Crippen molar-refractivity contribution >= 4 is 23.3 Å². The maximum absolute atomic E-state index is 12.9. The summed E-state index contributed by atoms with van der Waals surface area (Å²) in [5, 5.41) is 9.37. The van der Waals surface area contributed by atoms with Crippen LogP contribution < -0.4 is 20.1 Å². The minimum absolute atomic E-state index is 0.0139. The first-order valence-corrected chi connectivity index (χ1v) is 9.79. The van der Waals surface area contributed by atoms with Crippen molar-refractivity contribution in [3.63, 3.8) is 0 Å². The number of amides is 2. The van der Waals surface area contributed by atoms with E-state index in [1.165, 1.54) is 31.0 Å². The van der Waals surface area contributed by atoms with Gasteiger partial charge < -0.3 is 20.1 Å². The van der Waals surface area contributed by atoms with Gasteiger partial charge in [-0.3, -0.25) is 9.59 Å². The highest BCUT2D eigenvalue weighted by atomic mass is 19.4. The Labute approximate surface area is 186 Å². The lowest BCUT2D eigenvalue weighted by atomic mass is 10.1. The van der Waals surface area contributed by atoms with Gasteiger partial charge in [0.2, 0.25) is 5.91 Å². The molecule has 11 heteroatoms. The van der Waals surface area contributed by atoms with Crippen molar-refractivity contribution in [1.29, 1.82) is 0 Å². The number of alkyl halides is 3. The van der Waals surface area contributed by atoms with Crippen LogP contribution in [0.15, 0.2) is 48.7 Å². The van der Waals surface area contributed by atoms with Crippen LogP contribution in [-0.2, 0) is 15.8 Å². The van der Waals surface area contributed by atoms with Gasteiger partial charge in [-0.2, -0.15) is 18.3 Å². The number of hydrogen-bond donors (Lipinski definition) is 2. The average Bonchev–Trinajstić information content (AvgIpc) is 3.32. The number of fused-ring (bicyclic) bond motifs is 1. The number of methoxy groups -OCH3 is 2. The molecule has 2 N–H and O–H groups in total. The Hall–Kier alpha value is -4.02. The summed E-state index contributed by atoms with van der Waals surface area (Å²) in [6, 6.07) is 8.56. The van der Waals surface area contributed by atoms with Crippen LogP contribution in [0.2, 0.25) is 0 Å². The minimum Gasteiger partial charge on any atom is -0.493 e. The molecular weight excluding hydrogens is 441 g/mol. The summed E-state index contributed by atoms with van der Waals surface area (Å²) >= 11 is 0. The van der Waals surface area contributed by atoms with Gasteiger partial charge in [0, 0.05) is 11.3 Å². The molecule has 1 atom stereocenters. The maximum atomic E-state index is 12.9. The zero-order valence-electron chi connectivity index (χ0n) is 17.6. The summed E-state index contributed by atoms with van der Waals surface area (Å²) < 4.78 is 50.6. The SMILES string of the molecule is COc1ccc(-c2cnn3c2NC(=O)C3CC(=O)Nc2cccc(C(F)(F)F)c2)cc1OC. The molecular formula is C22H19F3N4O4. The summed E-state index contributed by atoms with van der Waals surface area (Å²) in [5.74, 6) is 0.378. The lowest BCUT2D eigenvalue weighted by Gasteiger charge is -2.12. The molecule has 0 saturated heterocycles. The molecule has 0 saturated carbocycles. The van der Waals surface area contributed by atoms with E-state index < -0.39 is 29.6 Å². The second-order valence-corrected chi connectivity index (χ2v) is 7.26. The van der Waals surface area contributed by atoms with Crippen LogP contribution in [0.4, 0.5) is 24.7 Å². The van der Waals surface area contributed by atoms with E-state index >= 15 is 0 Å². The highest BCUT2D eigenvalue weighted by molar-refractivity contribution is 6.04. The van der Waals surface area contributed by atoms with Gasteiger partial charge in [0.15, 0.2) is 11.5 Å². The number of nitrogens with zero attached hydrogens (tertiary/aromatic N) is 2. The van der Waals surface area contributed by atoms with Crippen molar-refractivity contribution in [2.24, 2.45) is 0 Å². The lowest BCUT2D eigenvalue weighted by molar-refractivity contribution is -0.137. The molecule has 1 aliphatic rings. The quantitative estimate of drug-likeness (QED) is 0.578. The predicted octanol–water partition coefficient (Wildman–Crippen LogP) is 4.11. The van der Waals surface area contributed by atoms with Crippen molar-refractivity contribution in [2.45, 2.75) is 18.6 Å². The minimum atomic E-state index is -4.53. The summed E-state index contributed by atoms with van der Waals surface area (Å²) in [4.78, 5) is 25.0. The third-order valence-electron chi connectivity index (χ3n) is 5.18. The van der Waals surface area contributed by atoms with Gasteiger partial charge >= 0.3 is 6.18 Å². The molecule has 0 spiro atoms. The second-order valence-electron chi connectivity index (χ2n) is 7.26. The van der Waals surface area contributed by atoms with E-state index in [1.54, 1.807) is 24.4 Å².